The fourth-order valence-electron chi connectivity index (χ4n) is 3.38. The number of carbonyl (C=O) groups is 2. The van der Waals surface area contributed by atoms with Crippen LogP contribution in [0.5, 0.6) is 11.5 Å². The first-order valence-corrected chi connectivity index (χ1v) is 12.1. The summed E-state index contributed by atoms with van der Waals surface area (Å²) in [4.78, 5) is 26.7. The Bertz CT molecular complexity index is 1360. The van der Waals surface area contributed by atoms with E-state index in [4.69, 9.17) is 33.3 Å². The minimum Gasteiger partial charge on any atom is -0.493 e. The Hall–Kier alpha value is -3.02. The van der Waals surface area contributed by atoms with Crippen LogP contribution < -0.4 is 19.7 Å². The lowest BCUT2D eigenvalue weighted by Gasteiger charge is -2.29. The summed E-state index contributed by atoms with van der Waals surface area (Å²) < 4.78 is 26.5. The van der Waals surface area contributed by atoms with Crippen LogP contribution in [0, 0.1) is 9.39 Å². The summed E-state index contributed by atoms with van der Waals surface area (Å²) >= 11 is 13.1. The highest BCUT2D eigenvalue weighted by Gasteiger charge is 2.35. The fourth-order valence-corrected chi connectivity index (χ4v) is 4.56. The average molecular weight is 623 g/mol. The highest BCUT2D eigenvalue weighted by Crippen LogP contribution is 2.35. The van der Waals surface area contributed by atoms with Crippen molar-refractivity contribution < 1.29 is 23.5 Å². The van der Waals surface area contributed by atoms with Crippen LogP contribution in [-0.4, -0.2) is 24.0 Å². The first kappa shape index (κ1) is 25.1. The molecule has 0 spiro atoms. The maximum atomic E-state index is 14.4. The number of ether oxygens (including phenoxy) is 2. The highest BCUT2D eigenvalue weighted by molar-refractivity contribution is 14.1. The second-order valence-corrected chi connectivity index (χ2v) is 9.34. The van der Waals surface area contributed by atoms with Gasteiger partial charge in [0.05, 0.1) is 16.4 Å². The lowest BCUT2D eigenvalue weighted by Crippen LogP contribution is -2.54. The molecule has 6 nitrogen and oxygen atoms in total. The van der Waals surface area contributed by atoms with Gasteiger partial charge in [0.25, 0.3) is 11.8 Å². The second kappa shape index (κ2) is 10.7. The molecule has 1 aliphatic heterocycles. The monoisotopic (exact) mass is 622 g/mol. The largest absolute Gasteiger partial charge is 0.493 e. The molecule has 1 aliphatic rings. The molecule has 0 aliphatic carbocycles. The number of anilines is 1. The van der Waals surface area contributed by atoms with E-state index in [1.807, 2.05) is 12.1 Å². The van der Waals surface area contributed by atoms with E-state index in [1.165, 1.54) is 31.4 Å². The van der Waals surface area contributed by atoms with E-state index in [0.717, 1.165) is 10.5 Å². The third kappa shape index (κ3) is 5.47. The highest BCUT2D eigenvalue weighted by atomic mass is 127. The predicted octanol–water partition coefficient (Wildman–Crippen LogP) is 5.50. The number of nitrogens with zero attached hydrogens (tertiary/aromatic N) is 1. The van der Waals surface area contributed by atoms with Gasteiger partial charge in [0.1, 0.15) is 18.0 Å². The fraction of sp³-hybridized carbons (Fsp3) is 0.0800. The molecule has 0 unspecified atom stereocenters. The number of amides is 2. The lowest BCUT2D eigenvalue weighted by molar-refractivity contribution is -0.122. The van der Waals surface area contributed by atoms with E-state index >= 15 is 0 Å². The summed E-state index contributed by atoms with van der Waals surface area (Å²) in [5.74, 6) is -1.12. The van der Waals surface area contributed by atoms with Crippen LogP contribution in [0.15, 0.2) is 66.2 Å². The molecule has 0 saturated carbocycles. The zero-order valence-corrected chi connectivity index (χ0v) is 21.9. The third-order valence-electron chi connectivity index (χ3n) is 5.05. The minimum atomic E-state index is -0.735. The van der Waals surface area contributed by atoms with Gasteiger partial charge in [-0.2, -0.15) is 0 Å². The number of hydrogen-bond donors (Lipinski definition) is 1. The van der Waals surface area contributed by atoms with E-state index in [2.05, 4.69) is 27.9 Å². The minimum absolute atomic E-state index is 0.0495. The number of benzene rings is 3. The van der Waals surface area contributed by atoms with E-state index < -0.39 is 17.6 Å². The summed E-state index contributed by atoms with van der Waals surface area (Å²) in [7, 11) is 1.49. The SMILES string of the molecule is COc1cc(/C=C2/C(=O)NC(=S)N(c3ccccc3F)C2=O)cc(I)c1OCc1ccc(Cl)cc1. The summed E-state index contributed by atoms with van der Waals surface area (Å²) in [5, 5.41) is 2.89. The Labute approximate surface area is 224 Å². The van der Waals surface area contributed by atoms with Crippen LogP contribution in [0.1, 0.15) is 11.1 Å². The number of hydrogen-bond acceptors (Lipinski definition) is 5. The molecule has 1 fully saturated rings. The van der Waals surface area contributed by atoms with Gasteiger partial charge in [-0.25, -0.2) is 9.29 Å². The Morgan fingerprint density at radius 2 is 1.86 bits per heavy atom. The zero-order chi connectivity index (χ0) is 25.1. The van der Waals surface area contributed by atoms with Crippen LogP contribution >= 0.6 is 46.4 Å². The summed E-state index contributed by atoms with van der Waals surface area (Å²) in [5.41, 5.74) is 1.19. The standard InChI is InChI=1S/C25H17ClFIN2O4S/c1-33-21-12-15(11-19(28)22(21)34-13-14-6-8-16(26)9-7-14)10-17-23(31)29-25(35)30(24(17)32)20-5-3-2-4-18(20)27/h2-12H,13H2,1H3,(H,29,31,35)/b17-10-. The Morgan fingerprint density at radius 3 is 2.54 bits per heavy atom. The smallest absolute Gasteiger partial charge is 0.270 e. The van der Waals surface area contributed by atoms with Gasteiger partial charge in [-0.3, -0.25) is 14.9 Å². The quantitative estimate of drug-likeness (QED) is 0.170. The molecule has 178 valence electrons. The van der Waals surface area contributed by atoms with Crippen molar-refractivity contribution in [1.82, 2.24) is 5.32 Å². The van der Waals surface area contributed by atoms with E-state index in [9.17, 15) is 14.0 Å². The molecule has 0 aromatic heterocycles. The Balaban J connectivity index is 1.64. The molecule has 0 atom stereocenters. The van der Waals surface area contributed by atoms with Crippen molar-refractivity contribution in [2.24, 2.45) is 0 Å². The molecule has 35 heavy (non-hydrogen) atoms. The summed E-state index contributed by atoms with van der Waals surface area (Å²) in [6.45, 7) is 0.292. The van der Waals surface area contributed by atoms with Crippen LogP contribution in [0.3, 0.4) is 0 Å². The number of halogens is 3. The molecule has 10 heteroatoms. The molecule has 0 radical (unpaired) electrons. The topological polar surface area (TPSA) is 67.9 Å². The zero-order valence-electron chi connectivity index (χ0n) is 18.2. The van der Waals surface area contributed by atoms with E-state index in [1.54, 1.807) is 30.3 Å². The number of carbonyl (C=O) groups excluding carboxylic acids is 2. The van der Waals surface area contributed by atoms with Crippen LogP contribution in [0.25, 0.3) is 6.08 Å². The van der Waals surface area contributed by atoms with E-state index in [-0.39, 0.29) is 16.4 Å². The van der Waals surface area contributed by atoms with Crippen LogP contribution in [0.4, 0.5) is 10.1 Å². The average Bonchev–Trinajstić information content (AvgIpc) is 2.83. The van der Waals surface area contributed by atoms with Crippen molar-refractivity contribution in [3.63, 3.8) is 0 Å². The molecule has 0 bridgehead atoms. The maximum Gasteiger partial charge on any atom is 0.270 e. The number of methoxy groups -OCH3 is 1. The van der Waals surface area contributed by atoms with Crippen molar-refractivity contribution in [3.8, 4) is 11.5 Å². The molecule has 2 amide bonds. The van der Waals surface area contributed by atoms with Gasteiger partial charge >= 0.3 is 0 Å². The maximum absolute atomic E-state index is 14.4. The number of rotatable bonds is 6. The van der Waals surface area contributed by atoms with Crippen molar-refractivity contribution in [1.29, 1.82) is 0 Å². The summed E-state index contributed by atoms with van der Waals surface area (Å²) in [6, 6.07) is 16.4. The van der Waals surface area contributed by atoms with Gasteiger partial charge in [-0.15, -0.1) is 0 Å². The third-order valence-corrected chi connectivity index (χ3v) is 6.39. The van der Waals surface area contributed by atoms with E-state index in [0.29, 0.717) is 32.3 Å². The van der Waals surface area contributed by atoms with Gasteiger partial charge in [-0.05, 0) is 88.4 Å². The first-order valence-electron chi connectivity index (χ1n) is 10.2. The first-order chi connectivity index (χ1) is 16.8. The molecule has 3 aromatic rings. The number of thiocarbonyl (C=S) groups is 1. The molecule has 3 aromatic carbocycles. The normalized spacial score (nSPS) is 14.8. The number of para-hydroxylation sites is 1. The van der Waals surface area contributed by atoms with Gasteiger partial charge in [0, 0.05) is 5.02 Å². The molecular weight excluding hydrogens is 606 g/mol. The molecule has 1 heterocycles. The van der Waals surface area contributed by atoms with Crippen molar-refractivity contribution in [3.05, 3.63) is 91.8 Å². The van der Waals surface area contributed by atoms with Crippen molar-refractivity contribution in [2.75, 3.05) is 12.0 Å². The molecular formula is C25H17ClFIN2O4S. The Kier molecular flexibility index (Phi) is 7.68. The summed E-state index contributed by atoms with van der Waals surface area (Å²) in [6.07, 6.45) is 1.40. The second-order valence-electron chi connectivity index (χ2n) is 7.36. The van der Waals surface area contributed by atoms with Gasteiger partial charge in [0.15, 0.2) is 16.6 Å². The van der Waals surface area contributed by atoms with Crippen LogP contribution in [0.2, 0.25) is 5.02 Å². The van der Waals surface area contributed by atoms with Crippen molar-refractivity contribution >= 4 is 75.1 Å². The van der Waals surface area contributed by atoms with Gasteiger partial charge in [-0.1, -0.05) is 35.9 Å². The molecule has 1 N–H and O–H groups in total. The molecule has 4 rings (SSSR count). The molecule has 1 saturated heterocycles. The van der Waals surface area contributed by atoms with Gasteiger partial charge in [0.2, 0.25) is 0 Å². The lowest BCUT2D eigenvalue weighted by atomic mass is 10.1. The number of nitrogens with one attached hydrogen (secondary N) is 1. The van der Waals surface area contributed by atoms with Crippen molar-refractivity contribution in [2.45, 2.75) is 6.61 Å². The Morgan fingerprint density at radius 1 is 1.14 bits per heavy atom. The predicted molar refractivity (Wildman–Crippen MR) is 144 cm³/mol. The van der Waals surface area contributed by atoms with Gasteiger partial charge < -0.3 is 9.47 Å². The van der Waals surface area contributed by atoms with Crippen LogP contribution in [-0.2, 0) is 16.2 Å².